The maximum absolute atomic E-state index is 5.99. The molecule has 2 heteroatoms. The van der Waals surface area contributed by atoms with Crippen molar-refractivity contribution in [3.05, 3.63) is 47.0 Å². The van der Waals surface area contributed by atoms with Gasteiger partial charge in [0.25, 0.3) is 0 Å². The number of fused-ring (bicyclic) bond motifs is 1. The van der Waals surface area contributed by atoms with Crippen molar-refractivity contribution in [1.29, 1.82) is 0 Å². The van der Waals surface area contributed by atoms with Crippen molar-refractivity contribution < 1.29 is 0 Å². The number of halogens is 1. The second kappa shape index (κ2) is 4.08. The minimum Gasteiger partial charge on any atom is -0.330 e. The number of hydrogen-bond acceptors (Lipinski definition) is 1. The molecule has 2 aromatic rings. The summed E-state index contributed by atoms with van der Waals surface area (Å²) in [5, 5.41) is 3.18. The molecule has 0 saturated heterocycles. The summed E-state index contributed by atoms with van der Waals surface area (Å²) in [5.74, 6) is 0. The summed E-state index contributed by atoms with van der Waals surface area (Å²) in [7, 11) is 0. The number of rotatable bonds is 2. The fraction of sp³-hybridized carbons (Fsp3) is 0.286. The molecule has 0 bridgehead atoms. The molecule has 2 rings (SSSR count). The van der Waals surface area contributed by atoms with Crippen LogP contribution in [0.4, 0.5) is 0 Å². The Bertz CT molecular complexity index is 517. The largest absolute Gasteiger partial charge is 0.330 e. The number of benzene rings is 2. The molecule has 0 radical (unpaired) electrons. The maximum Gasteiger partial charge on any atom is 0.0412 e. The van der Waals surface area contributed by atoms with Crippen LogP contribution in [-0.4, -0.2) is 6.54 Å². The van der Waals surface area contributed by atoms with E-state index in [9.17, 15) is 0 Å². The normalized spacial score (nSPS) is 12.0. The van der Waals surface area contributed by atoms with Crippen LogP contribution in [0.15, 0.2) is 36.4 Å². The van der Waals surface area contributed by atoms with Gasteiger partial charge in [-0.25, -0.2) is 0 Å². The monoisotopic (exact) mass is 233 g/mol. The first-order valence-corrected chi connectivity index (χ1v) is 5.81. The van der Waals surface area contributed by atoms with E-state index in [4.69, 9.17) is 17.3 Å². The maximum atomic E-state index is 5.99. The van der Waals surface area contributed by atoms with Gasteiger partial charge in [-0.2, -0.15) is 0 Å². The van der Waals surface area contributed by atoms with Gasteiger partial charge in [-0.3, -0.25) is 0 Å². The van der Waals surface area contributed by atoms with Crippen molar-refractivity contribution in [2.45, 2.75) is 19.3 Å². The van der Waals surface area contributed by atoms with Crippen LogP contribution in [0.2, 0.25) is 5.02 Å². The van der Waals surface area contributed by atoms with Crippen LogP contribution >= 0.6 is 11.6 Å². The Balaban J connectivity index is 2.72. The molecule has 2 N–H and O–H groups in total. The Kier molecular flexibility index (Phi) is 2.92. The van der Waals surface area contributed by atoms with Crippen LogP contribution in [0, 0.1) is 0 Å². The van der Waals surface area contributed by atoms with Gasteiger partial charge in [-0.1, -0.05) is 49.7 Å². The molecule has 1 nitrogen and oxygen atoms in total. The van der Waals surface area contributed by atoms with Gasteiger partial charge >= 0.3 is 0 Å². The first-order valence-electron chi connectivity index (χ1n) is 5.43. The molecule has 0 unspecified atom stereocenters. The van der Waals surface area contributed by atoms with Crippen molar-refractivity contribution in [1.82, 2.24) is 0 Å². The Hall–Kier alpha value is -1.05. The minimum absolute atomic E-state index is 0.00661. The van der Waals surface area contributed by atoms with Gasteiger partial charge in [0.15, 0.2) is 0 Å². The van der Waals surface area contributed by atoms with Gasteiger partial charge < -0.3 is 5.73 Å². The van der Waals surface area contributed by atoms with Crippen LogP contribution in [0.5, 0.6) is 0 Å². The Morgan fingerprint density at radius 3 is 2.62 bits per heavy atom. The highest BCUT2D eigenvalue weighted by Gasteiger charge is 2.20. The summed E-state index contributed by atoms with van der Waals surface area (Å²) in [6.07, 6.45) is 0. The minimum atomic E-state index is -0.00661. The zero-order valence-corrected chi connectivity index (χ0v) is 10.4. The van der Waals surface area contributed by atoms with Gasteiger partial charge in [-0.15, -0.1) is 0 Å². The molecule has 0 amide bonds. The van der Waals surface area contributed by atoms with Gasteiger partial charge in [0.2, 0.25) is 0 Å². The summed E-state index contributed by atoms with van der Waals surface area (Å²) in [4.78, 5) is 0. The molecular weight excluding hydrogens is 218 g/mol. The summed E-state index contributed by atoms with van der Waals surface area (Å²) in [6, 6.07) is 12.3. The summed E-state index contributed by atoms with van der Waals surface area (Å²) < 4.78 is 0. The third-order valence-electron chi connectivity index (χ3n) is 3.08. The molecule has 16 heavy (non-hydrogen) atoms. The van der Waals surface area contributed by atoms with E-state index in [1.165, 1.54) is 16.3 Å². The number of nitrogens with two attached hydrogens (primary N) is 1. The molecule has 0 saturated carbocycles. The SMILES string of the molecule is CC(C)(CN)c1cccc2cc(Cl)ccc12. The lowest BCUT2D eigenvalue weighted by atomic mass is 9.82. The fourth-order valence-corrected chi connectivity index (χ4v) is 2.14. The van der Waals surface area contributed by atoms with Crippen molar-refractivity contribution in [2.24, 2.45) is 5.73 Å². The van der Waals surface area contributed by atoms with E-state index in [2.05, 4.69) is 38.1 Å². The summed E-state index contributed by atoms with van der Waals surface area (Å²) >= 11 is 5.99. The molecule has 0 fully saturated rings. The smallest absolute Gasteiger partial charge is 0.0412 e. The molecule has 0 aliphatic rings. The molecule has 0 aromatic heterocycles. The molecule has 0 aliphatic carbocycles. The van der Waals surface area contributed by atoms with E-state index in [1.54, 1.807) is 0 Å². The predicted octanol–water partition coefficient (Wildman–Crippen LogP) is 3.73. The summed E-state index contributed by atoms with van der Waals surface area (Å²) in [5.41, 5.74) is 7.11. The topological polar surface area (TPSA) is 26.0 Å². The first-order chi connectivity index (χ1) is 7.54. The van der Waals surface area contributed by atoms with E-state index in [-0.39, 0.29) is 5.41 Å². The third-order valence-corrected chi connectivity index (χ3v) is 3.32. The standard InChI is InChI=1S/C14H16ClN/c1-14(2,9-16)13-5-3-4-10-8-11(15)6-7-12(10)13/h3-8H,9,16H2,1-2H3. The Labute approximate surface area is 101 Å². The van der Waals surface area contributed by atoms with Crippen molar-refractivity contribution >= 4 is 22.4 Å². The Morgan fingerprint density at radius 2 is 1.94 bits per heavy atom. The highest BCUT2D eigenvalue weighted by Crippen LogP contribution is 2.30. The zero-order valence-electron chi connectivity index (χ0n) is 9.63. The van der Waals surface area contributed by atoms with E-state index < -0.39 is 0 Å². The van der Waals surface area contributed by atoms with Crippen molar-refractivity contribution in [2.75, 3.05) is 6.54 Å². The molecule has 0 atom stereocenters. The summed E-state index contributed by atoms with van der Waals surface area (Å²) in [6.45, 7) is 4.96. The Morgan fingerprint density at radius 1 is 1.19 bits per heavy atom. The lowest BCUT2D eigenvalue weighted by Crippen LogP contribution is -2.28. The van der Waals surface area contributed by atoms with E-state index in [1.807, 2.05) is 12.1 Å². The van der Waals surface area contributed by atoms with Gasteiger partial charge in [-0.05, 0) is 28.5 Å². The zero-order chi connectivity index (χ0) is 11.8. The van der Waals surface area contributed by atoms with E-state index in [0.29, 0.717) is 6.54 Å². The average molecular weight is 234 g/mol. The predicted molar refractivity (Wildman–Crippen MR) is 71.0 cm³/mol. The highest BCUT2D eigenvalue weighted by molar-refractivity contribution is 6.31. The lowest BCUT2D eigenvalue weighted by Gasteiger charge is -2.24. The second-order valence-corrected chi connectivity index (χ2v) is 5.20. The van der Waals surface area contributed by atoms with Crippen molar-refractivity contribution in [3.63, 3.8) is 0 Å². The fourth-order valence-electron chi connectivity index (χ4n) is 1.95. The molecule has 0 heterocycles. The highest BCUT2D eigenvalue weighted by atomic mass is 35.5. The quantitative estimate of drug-likeness (QED) is 0.841. The molecule has 0 spiro atoms. The van der Waals surface area contributed by atoms with Crippen LogP contribution in [0.3, 0.4) is 0 Å². The van der Waals surface area contributed by atoms with Crippen LogP contribution in [0.25, 0.3) is 10.8 Å². The third kappa shape index (κ3) is 1.93. The van der Waals surface area contributed by atoms with E-state index in [0.717, 1.165) is 5.02 Å². The first kappa shape index (κ1) is 11.4. The van der Waals surface area contributed by atoms with Gasteiger partial charge in [0.05, 0.1) is 0 Å². The van der Waals surface area contributed by atoms with Crippen molar-refractivity contribution in [3.8, 4) is 0 Å². The van der Waals surface area contributed by atoms with Gasteiger partial charge in [0, 0.05) is 17.0 Å². The van der Waals surface area contributed by atoms with E-state index >= 15 is 0 Å². The molecule has 0 aliphatic heterocycles. The lowest BCUT2D eigenvalue weighted by molar-refractivity contribution is 0.544. The van der Waals surface area contributed by atoms with Crippen LogP contribution < -0.4 is 5.73 Å². The molecule has 2 aromatic carbocycles. The molecule has 84 valence electrons. The van der Waals surface area contributed by atoms with Crippen LogP contribution in [0.1, 0.15) is 19.4 Å². The van der Waals surface area contributed by atoms with Gasteiger partial charge in [0.1, 0.15) is 0 Å². The van der Waals surface area contributed by atoms with Crippen LogP contribution in [-0.2, 0) is 5.41 Å². The average Bonchev–Trinajstić information content (AvgIpc) is 2.27. The number of hydrogen-bond donors (Lipinski definition) is 1. The molecular formula is C14H16ClN. The second-order valence-electron chi connectivity index (χ2n) is 4.76.